The number of nitrogens with one attached hydrogen (secondary N) is 1. The Balaban J connectivity index is 1.89. The van der Waals surface area contributed by atoms with Gasteiger partial charge in [-0.15, -0.1) is 10.2 Å². The van der Waals surface area contributed by atoms with Crippen LogP contribution in [0, 0.1) is 6.92 Å². The molecule has 20 heavy (non-hydrogen) atoms. The van der Waals surface area contributed by atoms with Crippen molar-refractivity contribution in [1.29, 1.82) is 0 Å². The van der Waals surface area contributed by atoms with Gasteiger partial charge in [-0.2, -0.15) is 0 Å². The van der Waals surface area contributed by atoms with Crippen molar-refractivity contribution in [3.63, 3.8) is 0 Å². The molecule has 1 N–H and O–H groups in total. The molecule has 0 bridgehead atoms. The van der Waals surface area contributed by atoms with Crippen LogP contribution < -0.4 is 10.1 Å². The highest BCUT2D eigenvalue weighted by Crippen LogP contribution is 2.28. The molecule has 0 aliphatic rings. The van der Waals surface area contributed by atoms with E-state index in [4.69, 9.17) is 4.74 Å². The van der Waals surface area contributed by atoms with Gasteiger partial charge in [0.05, 0.1) is 17.3 Å². The number of rotatable bonds is 5. The summed E-state index contributed by atoms with van der Waals surface area (Å²) in [5, 5.41) is 11.6. The number of anilines is 1. The minimum Gasteiger partial charge on any atom is -0.496 e. The molecule has 1 heterocycles. The summed E-state index contributed by atoms with van der Waals surface area (Å²) < 4.78 is 6.73. The van der Waals surface area contributed by atoms with Crippen LogP contribution >= 0.6 is 39.0 Å². The van der Waals surface area contributed by atoms with Crippen LogP contribution in [0.4, 0.5) is 5.69 Å². The topological polar surface area (TPSA) is 64.1 Å². The molecule has 0 spiro atoms. The van der Waals surface area contributed by atoms with Crippen molar-refractivity contribution < 1.29 is 9.53 Å². The van der Waals surface area contributed by atoms with Crippen molar-refractivity contribution in [1.82, 2.24) is 10.2 Å². The van der Waals surface area contributed by atoms with Crippen LogP contribution in [0.25, 0.3) is 0 Å². The Morgan fingerprint density at radius 1 is 1.50 bits per heavy atom. The lowest BCUT2D eigenvalue weighted by Gasteiger charge is -2.07. The first-order chi connectivity index (χ1) is 9.58. The maximum absolute atomic E-state index is 11.8. The smallest absolute Gasteiger partial charge is 0.234 e. The zero-order chi connectivity index (χ0) is 14.5. The molecule has 2 aromatic rings. The molecule has 8 heteroatoms. The minimum absolute atomic E-state index is 0.0834. The molecule has 0 aliphatic heterocycles. The van der Waals surface area contributed by atoms with Gasteiger partial charge in [0, 0.05) is 5.69 Å². The third-order valence-electron chi connectivity index (χ3n) is 2.27. The first-order valence-corrected chi connectivity index (χ1v) is 8.24. The van der Waals surface area contributed by atoms with E-state index in [0.29, 0.717) is 5.75 Å². The van der Waals surface area contributed by atoms with Crippen LogP contribution in [-0.2, 0) is 4.79 Å². The number of amides is 1. The highest BCUT2D eigenvalue weighted by atomic mass is 79.9. The van der Waals surface area contributed by atoms with E-state index in [1.165, 1.54) is 23.1 Å². The van der Waals surface area contributed by atoms with Crippen LogP contribution in [0.1, 0.15) is 5.01 Å². The van der Waals surface area contributed by atoms with Crippen LogP contribution in [0.5, 0.6) is 5.75 Å². The van der Waals surface area contributed by atoms with Crippen molar-refractivity contribution in [2.75, 3.05) is 18.2 Å². The van der Waals surface area contributed by atoms with Crippen molar-refractivity contribution >= 4 is 50.6 Å². The number of nitrogens with zero attached hydrogens (tertiary/aromatic N) is 2. The van der Waals surface area contributed by atoms with Gasteiger partial charge in [0.1, 0.15) is 10.8 Å². The number of methoxy groups -OCH3 is 1. The predicted molar refractivity (Wildman–Crippen MR) is 84.7 cm³/mol. The molecule has 0 unspecified atom stereocenters. The van der Waals surface area contributed by atoms with Crippen molar-refractivity contribution in [2.24, 2.45) is 0 Å². The quantitative estimate of drug-likeness (QED) is 0.814. The second-order valence-corrected chi connectivity index (χ2v) is 7.03. The van der Waals surface area contributed by atoms with Crippen molar-refractivity contribution in [3.8, 4) is 5.75 Å². The molecule has 5 nitrogen and oxygen atoms in total. The largest absolute Gasteiger partial charge is 0.496 e. The highest BCUT2D eigenvalue weighted by molar-refractivity contribution is 9.10. The first kappa shape index (κ1) is 15.3. The van der Waals surface area contributed by atoms with Crippen LogP contribution in [0.2, 0.25) is 0 Å². The molecule has 0 atom stereocenters. The molecule has 1 amide bonds. The number of aromatic nitrogens is 2. The van der Waals surface area contributed by atoms with Crippen LogP contribution in [0.15, 0.2) is 27.0 Å². The number of ether oxygens (including phenoxy) is 1. The summed E-state index contributed by atoms with van der Waals surface area (Å²) in [6, 6.07) is 5.39. The van der Waals surface area contributed by atoms with E-state index < -0.39 is 0 Å². The van der Waals surface area contributed by atoms with Crippen LogP contribution in [0.3, 0.4) is 0 Å². The summed E-state index contributed by atoms with van der Waals surface area (Å²) in [7, 11) is 1.60. The highest BCUT2D eigenvalue weighted by Gasteiger charge is 2.08. The second-order valence-electron chi connectivity index (χ2n) is 3.77. The lowest BCUT2D eigenvalue weighted by atomic mass is 10.3. The minimum atomic E-state index is -0.0834. The Bertz CT molecular complexity index is 618. The third kappa shape index (κ3) is 4.19. The maximum Gasteiger partial charge on any atom is 0.234 e. The van der Waals surface area contributed by atoms with Gasteiger partial charge >= 0.3 is 0 Å². The lowest BCUT2D eigenvalue weighted by Crippen LogP contribution is -2.13. The summed E-state index contributed by atoms with van der Waals surface area (Å²) in [6.45, 7) is 1.89. The second kappa shape index (κ2) is 7.05. The predicted octanol–water partition coefficient (Wildman–Crippen LogP) is 3.35. The summed E-state index contributed by atoms with van der Waals surface area (Å²) in [5.41, 5.74) is 0.719. The number of aryl methyl sites for hydroxylation is 1. The maximum atomic E-state index is 11.8. The van der Waals surface area contributed by atoms with Gasteiger partial charge in [0.25, 0.3) is 0 Å². The van der Waals surface area contributed by atoms with Gasteiger partial charge in [0.2, 0.25) is 5.91 Å². The zero-order valence-electron chi connectivity index (χ0n) is 10.8. The third-order valence-corrected chi connectivity index (χ3v) is 4.86. The first-order valence-electron chi connectivity index (χ1n) is 5.65. The number of hydrogen-bond donors (Lipinski definition) is 1. The molecular weight excluding hydrogens is 362 g/mol. The summed E-state index contributed by atoms with van der Waals surface area (Å²) in [6.07, 6.45) is 0. The van der Waals surface area contributed by atoms with E-state index in [1.54, 1.807) is 25.3 Å². The van der Waals surface area contributed by atoms with Gasteiger partial charge < -0.3 is 10.1 Å². The van der Waals surface area contributed by atoms with Crippen LogP contribution in [-0.4, -0.2) is 29.0 Å². The van der Waals surface area contributed by atoms with Gasteiger partial charge in [-0.1, -0.05) is 23.1 Å². The van der Waals surface area contributed by atoms with E-state index in [9.17, 15) is 4.79 Å². The number of carbonyl (C=O) groups excluding carboxylic acids is 1. The Morgan fingerprint density at radius 2 is 2.30 bits per heavy atom. The number of thioether (sulfide) groups is 1. The van der Waals surface area contributed by atoms with Gasteiger partial charge in [-0.05, 0) is 41.1 Å². The molecule has 0 saturated carbocycles. The molecule has 0 aliphatic carbocycles. The van der Waals surface area contributed by atoms with Crippen molar-refractivity contribution in [2.45, 2.75) is 11.3 Å². The molecule has 2 rings (SSSR count). The summed E-state index contributed by atoms with van der Waals surface area (Å²) in [5.74, 6) is 0.944. The molecular formula is C12H12BrN3O2S2. The fraction of sp³-hybridized carbons (Fsp3) is 0.250. The molecule has 0 fully saturated rings. The molecule has 0 saturated heterocycles. The average Bonchev–Trinajstić information content (AvgIpc) is 2.82. The lowest BCUT2D eigenvalue weighted by molar-refractivity contribution is -0.113. The van der Waals surface area contributed by atoms with Gasteiger partial charge in [-0.25, -0.2) is 0 Å². The summed E-state index contributed by atoms with van der Waals surface area (Å²) in [4.78, 5) is 11.8. The Kier molecular flexibility index (Phi) is 5.38. The van der Waals surface area contributed by atoms with E-state index in [0.717, 1.165) is 25.3 Å². The molecule has 106 valence electrons. The van der Waals surface area contributed by atoms with E-state index >= 15 is 0 Å². The van der Waals surface area contributed by atoms with E-state index in [1.807, 2.05) is 6.92 Å². The Morgan fingerprint density at radius 3 is 2.90 bits per heavy atom. The standard InChI is InChI=1S/C12H12BrN3O2S2/c1-7-15-16-12(20-7)19-6-11(17)14-8-3-4-10(18-2)9(13)5-8/h3-5H,6H2,1-2H3,(H,14,17). The summed E-state index contributed by atoms with van der Waals surface area (Å²) >= 11 is 6.23. The Labute approximate surface area is 133 Å². The fourth-order valence-corrected chi connectivity index (χ4v) is 3.56. The number of carbonyl (C=O) groups is 1. The normalized spacial score (nSPS) is 10.3. The van der Waals surface area contributed by atoms with Crippen molar-refractivity contribution in [3.05, 3.63) is 27.7 Å². The Hall–Kier alpha value is -1.12. The number of benzene rings is 1. The van der Waals surface area contributed by atoms with Gasteiger partial charge in [0.15, 0.2) is 4.34 Å². The fourth-order valence-electron chi connectivity index (χ4n) is 1.41. The van der Waals surface area contributed by atoms with Gasteiger partial charge in [-0.3, -0.25) is 4.79 Å². The molecule has 0 radical (unpaired) electrons. The average molecular weight is 374 g/mol. The van der Waals surface area contributed by atoms with E-state index in [2.05, 4.69) is 31.4 Å². The van der Waals surface area contributed by atoms with E-state index in [-0.39, 0.29) is 5.91 Å². The SMILES string of the molecule is COc1ccc(NC(=O)CSc2nnc(C)s2)cc1Br. The molecule has 1 aromatic carbocycles. The monoisotopic (exact) mass is 373 g/mol. The molecule has 1 aromatic heterocycles. The zero-order valence-corrected chi connectivity index (χ0v) is 14.1. The number of hydrogen-bond acceptors (Lipinski definition) is 6. The number of halogens is 1.